The highest BCUT2D eigenvalue weighted by atomic mass is 16.2. The first-order valence-electron chi connectivity index (χ1n) is 11.3. The Bertz CT molecular complexity index is 1090. The second-order valence-corrected chi connectivity index (χ2v) is 8.41. The van der Waals surface area contributed by atoms with Crippen LogP contribution in [0.5, 0.6) is 0 Å². The summed E-state index contributed by atoms with van der Waals surface area (Å²) in [4.78, 5) is 37.8. The standard InChI is InChI=1S/C25H30N6O2/c1-19-4-6-22(20(2)16-19)25(33)31-14-12-30(13-15-31)23-7-5-21(17-28-23)24(32)27-8-3-10-29-11-9-26-18-29/h4-7,9,11,16-18H,3,8,10,12-15H2,1-2H3,(H,27,32). The van der Waals surface area contributed by atoms with Gasteiger partial charge in [0.1, 0.15) is 5.82 Å². The third-order valence-electron chi connectivity index (χ3n) is 5.95. The normalized spacial score (nSPS) is 13.8. The molecule has 0 atom stereocenters. The van der Waals surface area contributed by atoms with Crippen LogP contribution in [0.4, 0.5) is 5.82 Å². The van der Waals surface area contributed by atoms with Crippen molar-refractivity contribution in [2.45, 2.75) is 26.8 Å². The molecule has 2 amide bonds. The molecule has 8 heteroatoms. The van der Waals surface area contributed by atoms with Gasteiger partial charge in [0.25, 0.3) is 11.8 Å². The molecule has 1 aliphatic heterocycles. The maximum absolute atomic E-state index is 12.9. The van der Waals surface area contributed by atoms with E-state index in [1.807, 2.05) is 53.8 Å². The molecule has 3 heterocycles. The molecule has 0 radical (unpaired) electrons. The number of rotatable bonds is 7. The number of pyridine rings is 1. The highest BCUT2D eigenvalue weighted by molar-refractivity contribution is 5.96. The van der Waals surface area contributed by atoms with Crippen molar-refractivity contribution in [3.8, 4) is 0 Å². The van der Waals surface area contributed by atoms with Crippen LogP contribution in [0.2, 0.25) is 0 Å². The van der Waals surface area contributed by atoms with E-state index in [4.69, 9.17) is 0 Å². The first-order valence-corrected chi connectivity index (χ1v) is 11.3. The predicted molar refractivity (Wildman–Crippen MR) is 127 cm³/mol. The van der Waals surface area contributed by atoms with Crippen LogP contribution in [0.15, 0.2) is 55.2 Å². The molecule has 172 valence electrons. The number of amides is 2. The van der Waals surface area contributed by atoms with E-state index in [2.05, 4.69) is 20.2 Å². The number of imidazole rings is 1. The van der Waals surface area contributed by atoms with Crippen LogP contribution in [0.25, 0.3) is 0 Å². The topological polar surface area (TPSA) is 83.4 Å². The van der Waals surface area contributed by atoms with Gasteiger partial charge in [0.05, 0.1) is 11.9 Å². The maximum atomic E-state index is 12.9. The van der Waals surface area contributed by atoms with Crippen molar-refractivity contribution in [1.82, 2.24) is 24.8 Å². The molecule has 0 saturated carbocycles. The third kappa shape index (κ3) is 5.58. The van der Waals surface area contributed by atoms with Crippen LogP contribution in [0.3, 0.4) is 0 Å². The van der Waals surface area contributed by atoms with Gasteiger partial charge in [-0.3, -0.25) is 9.59 Å². The molecule has 33 heavy (non-hydrogen) atoms. The average molecular weight is 447 g/mol. The van der Waals surface area contributed by atoms with Gasteiger partial charge in [0, 0.05) is 63.4 Å². The summed E-state index contributed by atoms with van der Waals surface area (Å²) in [5.41, 5.74) is 3.49. The molecule has 3 aromatic rings. The zero-order valence-electron chi connectivity index (χ0n) is 19.2. The van der Waals surface area contributed by atoms with Crippen LogP contribution in [-0.2, 0) is 6.54 Å². The first kappa shape index (κ1) is 22.5. The fraction of sp³-hybridized carbons (Fsp3) is 0.360. The lowest BCUT2D eigenvalue weighted by Crippen LogP contribution is -2.49. The lowest BCUT2D eigenvalue weighted by Gasteiger charge is -2.35. The second-order valence-electron chi connectivity index (χ2n) is 8.41. The van der Waals surface area contributed by atoms with Gasteiger partial charge in [-0.15, -0.1) is 0 Å². The van der Waals surface area contributed by atoms with Crippen molar-refractivity contribution in [3.05, 3.63) is 77.5 Å². The lowest BCUT2D eigenvalue weighted by molar-refractivity contribution is 0.0745. The zero-order chi connectivity index (χ0) is 23.2. The summed E-state index contributed by atoms with van der Waals surface area (Å²) in [6.45, 7) is 8.14. The summed E-state index contributed by atoms with van der Waals surface area (Å²) in [6.07, 6.45) is 7.87. The van der Waals surface area contributed by atoms with Crippen molar-refractivity contribution < 1.29 is 9.59 Å². The Balaban J connectivity index is 1.25. The van der Waals surface area contributed by atoms with E-state index in [1.165, 1.54) is 0 Å². The highest BCUT2D eigenvalue weighted by Crippen LogP contribution is 2.18. The van der Waals surface area contributed by atoms with Crippen molar-refractivity contribution >= 4 is 17.6 Å². The number of hydrogen-bond acceptors (Lipinski definition) is 5. The number of aryl methyl sites for hydroxylation is 3. The van der Waals surface area contributed by atoms with Crippen molar-refractivity contribution in [1.29, 1.82) is 0 Å². The van der Waals surface area contributed by atoms with Crippen LogP contribution in [-0.4, -0.2) is 64.0 Å². The molecule has 0 unspecified atom stereocenters. The fourth-order valence-electron chi connectivity index (χ4n) is 4.05. The summed E-state index contributed by atoms with van der Waals surface area (Å²) >= 11 is 0. The summed E-state index contributed by atoms with van der Waals surface area (Å²) in [5.74, 6) is 0.786. The van der Waals surface area contributed by atoms with Crippen molar-refractivity contribution in [2.24, 2.45) is 0 Å². The third-order valence-corrected chi connectivity index (χ3v) is 5.95. The molecule has 1 fully saturated rings. The summed E-state index contributed by atoms with van der Waals surface area (Å²) in [5, 5.41) is 2.93. The number of benzene rings is 1. The second kappa shape index (κ2) is 10.3. The number of anilines is 1. The van der Waals surface area contributed by atoms with E-state index < -0.39 is 0 Å². The minimum Gasteiger partial charge on any atom is -0.353 e. The number of nitrogens with zero attached hydrogens (tertiary/aromatic N) is 5. The SMILES string of the molecule is Cc1ccc(C(=O)N2CCN(c3ccc(C(=O)NCCCn4ccnc4)cn3)CC2)c(C)c1. The van der Waals surface area contributed by atoms with Crippen LogP contribution < -0.4 is 10.2 Å². The average Bonchev–Trinajstić information content (AvgIpc) is 3.35. The maximum Gasteiger partial charge on any atom is 0.254 e. The molecule has 1 aromatic carbocycles. The Morgan fingerprint density at radius 3 is 2.55 bits per heavy atom. The van der Waals surface area contributed by atoms with Gasteiger partial charge in [0.15, 0.2) is 0 Å². The van der Waals surface area contributed by atoms with Crippen molar-refractivity contribution in [2.75, 3.05) is 37.6 Å². The summed E-state index contributed by atoms with van der Waals surface area (Å²) < 4.78 is 1.98. The molecule has 1 aliphatic rings. The quantitative estimate of drug-likeness (QED) is 0.564. The minimum atomic E-state index is -0.122. The van der Waals surface area contributed by atoms with Gasteiger partial charge in [0.2, 0.25) is 0 Å². The minimum absolute atomic E-state index is 0.0835. The fourth-order valence-corrected chi connectivity index (χ4v) is 4.05. The first-order chi connectivity index (χ1) is 16.0. The predicted octanol–water partition coefficient (Wildman–Crippen LogP) is 2.68. The van der Waals surface area contributed by atoms with Crippen molar-refractivity contribution in [3.63, 3.8) is 0 Å². The monoisotopic (exact) mass is 446 g/mol. The zero-order valence-corrected chi connectivity index (χ0v) is 19.2. The molecule has 8 nitrogen and oxygen atoms in total. The molecule has 1 saturated heterocycles. The molecular formula is C25H30N6O2. The Morgan fingerprint density at radius 1 is 1.06 bits per heavy atom. The number of hydrogen-bond donors (Lipinski definition) is 1. The van der Waals surface area contributed by atoms with Crippen LogP contribution >= 0.6 is 0 Å². The summed E-state index contributed by atoms with van der Waals surface area (Å²) in [7, 11) is 0. The van der Waals surface area contributed by atoms with Gasteiger partial charge < -0.3 is 19.7 Å². The van der Waals surface area contributed by atoms with E-state index in [1.54, 1.807) is 24.8 Å². The molecule has 0 bridgehead atoms. The number of nitrogens with one attached hydrogen (secondary N) is 1. The van der Waals surface area contributed by atoms with E-state index >= 15 is 0 Å². The van der Waals surface area contributed by atoms with E-state index in [0.29, 0.717) is 38.3 Å². The Morgan fingerprint density at radius 2 is 1.88 bits per heavy atom. The van der Waals surface area contributed by atoms with Crippen LogP contribution in [0, 0.1) is 13.8 Å². The molecular weight excluding hydrogens is 416 g/mol. The van der Waals surface area contributed by atoms with Gasteiger partial charge in [-0.05, 0) is 44.0 Å². The summed E-state index contributed by atoms with van der Waals surface area (Å²) in [6, 6.07) is 9.63. The number of carbonyl (C=O) groups is 2. The van der Waals surface area contributed by atoms with E-state index in [0.717, 1.165) is 35.5 Å². The van der Waals surface area contributed by atoms with Gasteiger partial charge in [-0.1, -0.05) is 17.7 Å². The van der Waals surface area contributed by atoms with E-state index in [-0.39, 0.29) is 11.8 Å². The van der Waals surface area contributed by atoms with E-state index in [9.17, 15) is 9.59 Å². The lowest BCUT2D eigenvalue weighted by atomic mass is 10.0. The molecule has 1 N–H and O–H groups in total. The Labute approximate surface area is 194 Å². The largest absolute Gasteiger partial charge is 0.353 e. The number of piperazine rings is 1. The highest BCUT2D eigenvalue weighted by Gasteiger charge is 2.24. The van der Waals surface area contributed by atoms with Gasteiger partial charge in [-0.25, -0.2) is 9.97 Å². The Kier molecular flexibility index (Phi) is 7.02. The molecule has 0 spiro atoms. The molecule has 0 aliphatic carbocycles. The molecule has 4 rings (SSSR count). The number of carbonyl (C=O) groups excluding carboxylic acids is 2. The smallest absolute Gasteiger partial charge is 0.254 e. The number of aromatic nitrogens is 3. The Hall–Kier alpha value is -3.68. The van der Waals surface area contributed by atoms with Gasteiger partial charge in [-0.2, -0.15) is 0 Å². The van der Waals surface area contributed by atoms with Crippen LogP contribution in [0.1, 0.15) is 38.3 Å². The molecule has 2 aromatic heterocycles. The van der Waals surface area contributed by atoms with Gasteiger partial charge >= 0.3 is 0 Å².